The smallest absolute Gasteiger partial charge is 0.177 e. The summed E-state index contributed by atoms with van der Waals surface area (Å²) in [6.45, 7) is 1.81. The maximum Gasteiger partial charge on any atom is 0.177 e. The van der Waals surface area contributed by atoms with Gasteiger partial charge in [-0.15, -0.1) is 0 Å². The summed E-state index contributed by atoms with van der Waals surface area (Å²) >= 11 is 0. The molecule has 0 aromatic heterocycles. The van der Waals surface area contributed by atoms with Crippen LogP contribution in [0.1, 0.15) is 6.92 Å². The number of hydrogen-bond acceptors (Lipinski definition) is 3. The van der Waals surface area contributed by atoms with Crippen molar-refractivity contribution < 1.29 is 14.6 Å². The van der Waals surface area contributed by atoms with Gasteiger partial charge in [0, 0.05) is 7.11 Å². The summed E-state index contributed by atoms with van der Waals surface area (Å²) in [7, 11) is 1.57. The van der Waals surface area contributed by atoms with E-state index in [1.54, 1.807) is 26.2 Å². The Morgan fingerprint density at radius 1 is 1.50 bits per heavy atom. The zero-order valence-electron chi connectivity index (χ0n) is 6.15. The fraction of sp³-hybridized carbons (Fsp3) is 0.714. The lowest BCUT2D eigenvalue weighted by Crippen LogP contribution is -2.33. The monoisotopic (exact) mass is 144 g/mol. The van der Waals surface area contributed by atoms with Crippen LogP contribution in [0.25, 0.3) is 0 Å². The fourth-order valence-electron chi connectivity index (χ4n) is 0.833. The third-order valence-corrected chi connectivity index (χ3v) is 1.53. The van der Waals surface area contributed by atoms with E-state index in [0.29, 0.717) is 0 Å². The van der Waals surface area contributed by atoms with Gasteiger partial charge in [0.05, 0.1) is 12.2 Å². The van der Waals surface area contributed by atoms with Gasteiger partial charge in [0.15, 0.2) is 6.29 Å². The van der Waals surface area contributed by atoms with E-state index in [1.165, 1.54) is 0 Å². The Morgan fingerprint density at radius 3 is 2.70 bits per heavy atom. The van der Waals surface area contributed by atoms with E-state index in [4.69, 9.17) is 14.6 Å². The van der Waals surface area contributed by atoms with Crippen molar-refractivity contribution in [2.24, 2.45) is 0 Å². The molecule has 10 heavy (non-hydrogen) atoms. The summed E-state index contributed by atoms with van der Waals surface area (Å²) in [6.07, 6.45) is 2.42. The minimum absolute atomic E-state index is 0.171. The summed E-state index contributed by atoms with van der Waals surface area (Å²) < 4.78 is 10.1. The summed E-state index contributed by atoms with van der Waals surface area (Å²) in [5.41, 5.74) is 0. The molecule has 0 saturated carbocycles. The lowest BCUT2D eigenvalue weighted by molar-refractivity contribution is -0.151. The Morgan fingerprint density at radius 2 is 2.20 bits per heavy atom. The minimum atomic E-state index is -0.494. The molecule has 3 nitrogen and oxygen atoms in total. The largest absolute Gasteiger partial charge is 0.386 e. The summed E-state index contributed by atoms with van der Waals surface area (Å²) in [5, 5.41) is 9.12. The molecular formula is C7H12O3. The molecule has 1 heterocycles. The molecule has 3 atom stereocenters. The topological polar surface area (TPSA) is 38.7 Å². The second-order valence-corrected chi connectivity index (χ2v) is 2.32. The van der Waals surface area contributed by atoms with Gasteiger partial charge in [-0.05, 0) is 13.0 Å². The molecule has 1 N–H and O–H groups in total. The van der Waals surface area contributed by atoms with Gasteiger partial charge in [-0.1, -0.05) is 6.08 Å². The van der Waals surface area contributed by atoms with E-state index in [9.17, 15) is 0 Å². The van der Waals surface area contributed by atoms with Crippen molar-refractivity contribution in [1.29, 1.82) is 0 Å². The van der Waals surface area contributed by atoms with Gasteiger partial charge in [0.2, 0.25) is 0 Å². The molecule has 3 heteroatoms. The lowest BCUT2D eigenvalue weighted by atomic mass is 10.2. The van der Waals surface area contributed by atoms with Crippen LogP contribution in [0.4, 0.5) is 0 Å². The van der Waals surface area contributed by atoms with Crippen LogP contribution in [-0.2, 0) is 9.47 Å². The molecule has 0 saturated heterocycles. The third-order valence-electron chi connectivity index (χ3n) is 1.53. The summed E-state index contributed by atoms with van der Waals surface area (Å²) in [4.78, 5) is 0. The molecule has 0 spiro atoms. The molecule has 1 rings (SSSR count). The molecule has 1 aliphatic rings. The number of rotatable bonds is 1. The molecule has 0 unspecified atom stereocenters. The van der Waals surface area contributed by atoms with Crippen molar-refractivity contribution in [3.05, 3.63) is 12.2 Å². The Bertz CT molecular complexity index is 133. The van der Waals surface area contributed by atoms with Gasteiger partial charge in [0.25, 0.3) is 0 Å². The van der Waals surface area contributed by atoms with E-state index in [-0.39, 0.29) is 12.4 Å². The molecule has 0 radical (unpaired) electrons. The molecule has 0 bridgehead atoms. The van der Waals surface area contributed by atoms with E-state index in [0.717, 1.165) is 0 Å². The van der Waals surface area contributed by atoms with E-state index >= 15 is 0 Å². The van der Waals surface area contributed by atoms with Gasteiger partial charge in [-0.25, -0.2) is 0 Å². The summed E-state index contributed by atoms with van der Waals surface area (Å²) in [5.74, 6) is 0. The standard InChI is InChI=1S/C7H12O3/c1-5-6(8)3-4-7(9-2)10-5/h3-8H,1-2H3/t5-,6-,7-/m0/s1. The zero-order chi connectivity index (χ0) is 7.56. The highest BCUT2D eigenvalue weighted by Gasteiger charge is 2.20. The third kappa shape index (κ3) is 1.56. The molecule has 0 aromatic rings. The van der Waals surface area contributed by atoms with Crippen LogP contribution in [0.5, 0.6) is 0 Å². The predicted molar refractivity (Wildman–Crippen MR) is 36.5 cm³/mol. The Balaban J connectivity index is 2.51. The number of aliphatic hydroxyl groups excluding tert-OH is 1. The SMILES string of the molecule is CO[C@@H]1C=C[C@H](O)[C@H](C)O1. The second kappa shape index (κ2) is 3.14. The first-order valence-corrected chi connectivity index (χ1v) is 3.28. The maximum absolute atomic E-state index is 9.12. The zero-order valence-corrected chi connectivity index (χ0v) is 6.15. The summed E-state index contributed by atoms with van der Waals surface area (Å²) in [6, 6.07) is 0. The molecular weight excluding hydrogens is 132 g/mol. The van der Waals surface area contributed by atoms with Crippen molar-refractivity contribution in [1.82, 2.24) is 0 Å². The highest BCUT2D eigenvalue weighted by atomic mass is 16.7. The molecule has 58 valence electrons. The lowest BCUT2D eigenvalue weighted by Gasteiger charge is -2.25. The van der Waals surface area contributed by atoms with Crippen LogP contribution in [-0.4, -0.2) is 30.7 Å². The quantitative estimate of drug-likeness (QED) is 0.538. The fourth-order valence-corrected chi connectivity index (χ4v) is 0.833. The van der Waals surface area contributed by atoms with Crippen LogP contribution in [0, 0.1) is 0 Å². The van der Waals surface area contributed by atoms with Crippen molar-refractivity contribution >= 4 is 0 Å². The Kier molecular flexibility index (Phi) is 2.43. The normalized spacial score (nSPS) is 40.1. The van der Waals surface area contributed by atoms with Crippen LogP contribution in [0.2, 0.25) is 0 Å². The Labute approximate surface area is 60.3 Å². The van der Waals surface area contributed by atoms with E-state index in [2.05, 4.69) is 0 Å². The first kappa shape index (κ1) is 7.72. The highest BCUT2D eigenvalue weighted by molar-refractivity contribution is 4.98. The van der Waals surface area contributed by atoms with Crippen LogP contribution in [0.15, 0.2) is 12.2 Å². The van der Waals surface area contributed by atoms with Crippen molar-refractivity contribution in [3.63, 3.8) is 0 Å². The number of ether oxygens (including phenoxy) is 2. The van der Waals surface area contributed by atoms with Crippen molar-refractivity contribution in [2.75, 3.05) is 7.11 Å². The highest BCUT2D eigenvalue weighted by Crippen LogP contribution is 2.12. The second-order valence-electron chi connectivity index (χ2n) is 2.32. The van der Waals surface area contributed by atoms with Crippen LogP contribution < -0.4 is 0 Å². The first-order valence-electron chi connectivity index (χ1n) is 3.28. The number of methoxy groups -OCH3 is 1. The van der Waals surface area contributed by atoms with Gasteiger partial charge >= 0.3 is 0 Å². The molecule has 1 aliphatic heterocycles. The first-order chi connectivity index (χ1) is 4.74. The van der Waals surface area contributed by atoms with E-state index < -0.39 is 6.10 Å². The molecule has 0 amide bonds. The number of hydrogen-bond donors (Lipinski definition) is 1. The molecule has 0 fully saturated rings. The minimum Gasteiger partial charge on any atom is -0.386 e. The van der Waals surface area contributed by atoms with Gasteiger partial charge < -0.3 is 14.6 Å². The van der Waals surface area contributed by atoms with Crippen molar-refractivity contribution in [3.8, 4) is 0 Å². The average molecular weight is 144 g/mol. The van der Waals surface area contributed by atoms with Crippen LogP contribution >= 0.6 is 0 Å². The van der Waals surface area contributed by atoms with Gasteiger partial charge in [-0.3, -0.25) is 0 Å². The predicted octanol–water partition coefficient (Wildman–Crippen LogP) is 0.295. The van der Waals surface area contributed by atoms with E-state index in [1.807, 2.05) is 0 Å². The Hall–Kier alpha value is -0.380. The van der Waals surface area contributed by atoms with Gasteiger partial charge in [0.1, 0.15) is 0 Å². The maximum atomic E-state index is 9.12. The molecule has 0 aliphatic carbocycles. The molecule has 0 aromatic carbocycles. The van der Waals surface area contributed by atoms with Crippen LogP contribution in [0.3, 0.4) is 0 Å². The average Bonchev–Trinajstić information content (AvgIpc) is 1.95. The number of aliphatic hydroxyl groups is 1. The van der Waals surface area contributed by atoms with Crippen molar-refractivity contribution in [2.45, 2.75) is 25.4 Å². The van der Waals surface area contributed by atoms with Gasteiger partial charge in [-0.2, -0.15) is 0 Å².